The van der Waals surface area contributed by atoms with Gasteiger partial charge in [-0.1, -0.05) is 297 Å². The van der Waals surface area contributed by atoms with Gasteiger partial charge in [-0.3, -0.25) is 18.6 Å². The smallest absolute Gasteiger partial charge is 0.456 e. The summed E-state index contributed by atoms with van der Waals surface area (Å²) in [6, 6.07) is -0.895. The number of carbonyl (C=O) groups is 2. The number of nitrogens with one attached hydrogen (secondary N) is 1. The summed E-state index contributed by atoms with van der Waals surface area (Å²) in [6.07, 6.45) is 88.4. The Morgan fingerprint density at radius 3 is 1.18 bits per heavy atom. The van der Waals surface area contributed by atoms with Gasteiger partial charge in [0.1, 0.15) is 19.3 Å². The van der Waals surface area contributed by atoms with E-state index in [2.05, 4.69) is 117 Å². The first kappa shape index (κ1) is 81.7. The molecule has 2 N–H and O–H groups in total. The van der Waals surface area contributed by atoms with Crippen molar-refractivity contribution in [1.82, 2.24) is 5.32 Å². The third-order valence-electron chi connectivity index (χ3n) is 15.2. The zero-order valence-corrected chi connectivity index (χ0v) is 57.0. The third kappa shape index (κ3) is 65.0. The lowest BCUT2D eigenvalue weighted by Crippen LogP contribution is -2.47. The number of phosphoric ester groups is 1. The van der Waals surface area contributed by atoms with Crippen molar-refractivity contribution in [2.24, 2.45) is 0 Å². The van der Waals surface area contributed by atoms with Crippen LogP contribution in [0.25, 0.3) is 0 Å². The van der Waals surface area contributed by atoms with Crippen molar-refractivity contribution in [2.75, 3.05) is 40.9 Å². The van der Waals surface area contributed by atoms with Crippen LogP contribution in [0.2, 0.25) is 0 Å². The fourth-order valence-electron chi connectivity index (χ4n) is 9.82. The monoisotopic (exact) mass is 1210 g/mol. The zero-order chi connectivity index (χ0) is 62.1. The molecule has 3 atom stereocenters. The zero-order valence-electron chi connectivity index (χ0n) is 56.1. The van der Waals surface area contributed by atoms with E-state index in [0.29, 0.717) is 17.4 Å². The summed E-state index contributed by atoms with van der Waals surface area (Å²) in [6.45, 7) is 6.84. The number of quaternary nitrogens is 1. The maximum Gasteiger partial charge on any atom is 0.472 e. The number of unbranched alkanes of at least 4 members (excludes halogenated alkanes) is 31. The van der Waals surface area contributed by atoms with Gasteiger partial charge >= 0.3 is 13.8 Å². The van der Waals surface area contributed by atoms with Crippen LogP contribution in [-0.2, 0) is 27.9 Å². The molecule has 0 spiro atoms. The van der Waals surface area contributed by atoms with E-state index in [1.165, 1.54) is 180 Å². The van der Waals surface area contributed by atoms with Crippen LogP contribution in [0, 0.1) is 0 Å². The van der Waals surface area contributed by atoms with Crippen LogP contribution in [0.4, 0.5) is 0 Å². The number of phosphoric acid groups is 1. The minimum absolute atomic E-state index is 0.0229. The van der Waals surface area contributed by atoms with E-state index in [1.54, 1.807) is 0 Å². The second kappa shape index (κ2) is 63.7. The lowest BCUT2D eigenvalue weighted by Gasteiger charge is -2.27. The highest BCUT2D eigenvalue weighted by molar-refractivity contribution is 7.47. The molecule has 0 aliphatic carbocycles. The van der Waals surface area contributed by atoms with Gasteiger partial charge in [0.25, 0.3) is 0 Å². The van der Waals surface area contributed by atoms with Gasteiger partial charge in [-0.25, -0.2) is 4.57 Å². The Balaban J connectivity index is 5.15. The number of hydrogen-bond acceptors (Lipinski definition) is 6. The molecule has 0 fully saturated rings. The fourth-order valence-corrected chi connectivity index (χ4v) is 10.6. The summed E-state index contributed by atoms with van der Waals surface area (Å²) in [5.41, 5.74) is 0. The molecular formula is C75H134N2O7P+. The Bertz CT molecular complexity index is 1820. The van der Waals surface area contributed by atoms with E-state index in [0.717, 1.165) is 83.5 Å². The SMILES string of the molecule is CC/C=C\C/C=C\C/C=C\C/C=C\C/C=C\C/C=C\CCC(=O)NC(COP(=O)(O)OCC[N+](C)(C)C)C(/C=C\CCCCCCCCCCCCC)OC(=O)CCCCCCCCCCCCCCCCCCC/C=C\C/C=C\CCCCC. The summed E-state index contributed by atoms with van der Waals surface area (Å²) in [5, 5.41) is 3.02. The molecule has 0 aromatic carbocycles. The van der Waals surface area contributed by atoms with E-state index >= 15 is 0 Å². The van der Waals surface area contributed by atoms with E-state index in [4.69, 9.17) is 13.8 Å². The Labute approximate surface area is 525 Å². The molecule has 0 aliphatic heterocycles. The maximum atomic E-state index is 13.6. The molecule has 1 amide bonds. The van der Waals surface area contributed by atoms with E-state index < -0.39 is 20.0 Å². The van der Waals surface area contributed by atoms with Crippen molar-refractivity contribution in [3.05, 3.63) is 109 Å². The number of nitrogens with zero attached hydrogens (tertiary/aromatic N) is 1. The summed E-state index contributed by atoms with van der Waals surface area (Å²) >= 11 is 0. The molecule has 0 aromatic rings. The van der Waals surface area contributed by atoms with E-state index in [9.17, 15) is 19.0 Å². The molecule has 3 unspecified atom stereocenters. The Hall–Kier alpha value is -3.33. The number of carbonyl (C=O) groups excluding carboxylic acids is 2. The standard InChI is InChI=1S/C75H133N2O7P/c1-7-10-13-16-19-22-25-28-30-32-34-35-36-37-38-39-40-41-43-45-47-50-53-56-59-62-65-68-75(79)84-73(66-63-60-57-54-51-48-27-24-21-18-15-12-9-3)72(71-83-85(80,81)82-70-69-77(4,5)6)76-74(78)67-64-61-58-55-52-49-46-44-42-33-31-29-26-23-20-17-14-11-8-2/h11,14,19-20,22-23,28-31,42,44,49,52,58,61,63,66,72-73H,7-10,12-13,15-18,21,24-27,32-41,43,45-48,50-51,53-57,59-60,62,64-65,67-71H2,1-6H3,(H-,76,78,80,81)/p+1/b14-11-,22-19-,23-20-,30-28-,31-29-,44-42-,52-49-,61-58-,66-63-. The molecular weight excluding hydrogens is 1070 g/mol. The Kier molecular flexibility index (Phi) is 61.2. The number of rotatable bonds is 63. The molecule has 490 valence electrons. The number of hydrogen-bond donors (Lipinski definition) is 2. The molecule has 0 aromatic heterocycles. The van der Waals surface area contributed by atoms with Crippen LogP contribution in [0.1, 0.15) is 303 Å². The van der Waals surface area contributed by atoms with Crippen molar-refractivity contribution in [3.63, 3.8) is 0 Å². The number of amides is 1. The first-order chi connectivity index (χ1) is 41.4. The van der Waals surface area contributed by atoms with Gasteiger partial charge < -0.3 is 19.4 Å². The summed E-state index contributed by atoms with van der Waals surface area (Å²) < 4.78 is 30.8. The molecule has 10 heteroatoms. The summed E-state index contributed by atoms with van der Waals surface area (Å²) in [7, 11) is 1.45. The van der Waals surface area contributed by atoms with Gasteiger partial charge in [0.15, 0.2) is 0 Å². The predicted molar refractivity (Wildman–Crippen MR) is 369 cm³/mol. The second-order valence-electron chi connectivity index (χ2n) is 24.7. The van der Waals surface area contributed by atoms with Gasteiger partial charge in [0, 0.05) is 12.8 Å². The molecule has 0 heterocycles. The first-order valence-corrected chi connectivity index (χ1v) is 36.7. The number of esters is 1. The van der Waals surface area contributed by atoms with Crippen molar-refractivity contribution in [3.8, 4) is 0 Å². The lowest BCUT2D eigenvalue weighted by atomic mass is 10.0. The highest BCUT2D eigenvalue weighted by atomic mass is 31.2. The Morgan fingerprint density at radius 2 is 0.765 bits per heavy atom. The minimum atomic E-state index is -4.48. The molecule has 0 aliphatic rings. The highest BCUT2D eigenvalue weighted by Crippen LogP contribution is 2.43. The quantitative estimate of drug-likeness (QED) is 0.0205. The number of ether oxygens (including phenoxy) is 1. The van der Waals surface area contributed by atoms with Crippen LogP contribution in [0.5, 0.6) is 0 Å². The predicted octanol–water partition coefficient (Wildman–Crippen LogP) is 22.5. The van der Waals surface area contributed by atoms with Crippen LogP contribution in [0.3, 0.4) is 0 Å². The first-order valence-electron chi connectivity index (χ1n) is 35.2. The summed E-state index contributed by atoms with van der Waals surface area (Å²) in [5.74, 6) is -0.599. The third-order valence-corrected chi connectivity index (χ3v) is 16.2. The molecule has 85 heavy (non-hydrogen) atoms. The van der Waals surface area contributed by atoms with Gasteiger partial charge in [0.05, 0.1) is 33.8 Å². The topological polar surface area (TPSA) is 111 Å². The van der Waals surface area contributed by atoms with E-state index in [1.807, 2.05) is 39.4 Å². The van der Waals surface area contributed by atoms with Crippen LogP contribution in [-0.4, -0.2) is 74.3 Å². The minimum Gasteiger partial charge on any atom is -0.456 e. The van der Waals surface area contributed by atoms with Crippen molar-refractivity contribution < 1.29 is 37.3 Å². The highest BCUT2D eigenvalue weighted by Gasteiger charge is 2.30. The fraction of sp³-hybridized carbons (Fsp3) is 0.733. The van der Waals surface area contributed by atoms with E-state index in [-0.39, 0.29) is 37.9 Å². The van der Waals surface area contributed by atoms with Crippen LogP contribution >= 0.6 is 7.82 Å². The average molecular weight is 1210 g/mol. The maximum absolute atomic E-state index is 13.6. The summed E-state index contributed by atoms with van der Waals surface area (Å²) in [4.78, 5) is 37.8. The van der Waals surface area contributed by atoms with Crippen molar-refractivity contribution >= 4 is 19.7 Å². The molecule has 0 saturated carbocycles. The molecule has 0 bridgehead atoms. The Morgan fingerprint density at radius 1 is 0.424 bits per heavy atom. The number of allylic oxidation sites excluding steroid dienone is 17. The molecule has 9 nitrogen and oxygen atoms in total. The van der Waals surface area contributed by atoms with Gasteiger partial charge in [-0.2, -0.15) is 0 Å². The molecule has 0 saturated heterocycles. The van der Waals surface area contributed by atoms with Gasteiger partial charge in [-0.05, 0) is 102 Å². The number of likely N-dealkylation sites (N-methyl/N-ethyl adjacent to an activating group) is 1. The molecule has 0 rings (SSSR count). The lowest BCUT2D eigenvalue weighted by molar-refractivity contribution is -0.870. The van der Waals surface area contributed by atoms with Gasteiger partial charge in [-0.15, -0.1) is 0 Å². The van der Waals surface area contributed by atoms with Crippen LogP contribution < -0.4 is 5.32 Å². The second-order valence-corrected chi connectivity index (χ2v) is 26.1. The van der Waals surface area contributed by atoms with Crippen LogP contribution in [0.15, 0.2) is 109 Å². The molecule has 0 radical (unpaired) electrons. The van der Waals surface area contributed by atoms with Crippen molar-refractivity contribution in [1.29, 1.82) is 0 Å². The van der Waals surface area contributed by atoms with Gasteiger partial charge in [0.2, 0.25) is 5.91 Å². The van der Waals surface area contributed by atoms with Crippen molar-refractivity contribution in [2.45, 2.75) is 315 Å². The largest absolute Gasteiger partial charge is 0.472 e. The normalized spacial score (nSPS) is 14.2. The average Bonchev–Trinajstić information content (AvgIpc) is 3.50.